The van der Waals surface area contributed by atoms with Crippen molar-refractivity contribution in [2.75, 3.05) is 12.4 Å². The molecular formula is C19H24N2O4S. The lowest BCUT2D eigenvalue weighted by molar-refractivity contribution is -0.129. The predicted molar refractivity (Wildman–Crippen MR) is 100 cm³/mol. The fraction of sp³-hybridized carbons (Fsp3) is 0.526. The standard InChI is InChI=1S/C19H24N2O4S/c1-2-25-14-9-7-13(8-10-14)11-17(22)20-15-5-3-4-6-16(15)21-18(23)12-26-19(21)24/h7-10,15-16H,2-6,11-12H2,1H3,(H,20,22). The number of carbonyl (C=O) groups is 3. The Balaban J connectivity index is 1.61. The Kier molecular flexibility index (Phi) is 6.19. The molecule has 1 aliphatic heterocycles. The van der Waals surface area contributed by atoms with E-state index in [2.05, 4.69) is 5.32 Å². The number of amides is 3. The molecule has 1 N–H and O–H groups in total. The van der Waals surface area contributed by atoms with Gasteiger partial charge in [0, 0.05) is 6.04 Å². The molecule has 1 saturated carbocycles. The highest BCUT2D eigenvalue weighted by molar-refractivity contribution is 8.14. The number of imide groups is 1. The molecule has 1 heterocycles. The van der Waals surface area contributed by atoms with E-state index in [9.17, 15) is 14.4 Å². The number of benzene rings is 1. The first-order chi connectivity index (χ1) is 12.6. The van der Waals surface area contributed by atoms with E-state index in [-0.39, 0.29) is 41.3 Å². The molecule has 6 nitrogen and oxygen atoms in total. The highest BCUT2D eigenvalue weighted by Gasteiger charge is 2.41. The molecule has 1 aliphatic carbocycles. The Morgan fingerprint density at radius 2 is 1.96 bits per heavy atom. The highest BCUT2D eigenvalue weighted by Crippen LogP contribution is 2.30. The van der Waals surface area contributed by atoms with Gasteiger partial charge in [-0.1, -0.05) is 36.7 Å². The average Bonchev–Trinajstić information content (AvgIpc) is 2.96. The minimum atomic E-state index is -0.219. The van der Waals surface area contributed by atoms with Gasteiger partial charge in [0.05, 0.1) is 24.8 Å². The Labute approximate surface area is 157 Å². The van der Waals surface area contributed by atoms with E-state index in [0.717, 1.165) is 48.8 Å². The zero-order valence-electron chi connectivity index (χ0n) is 14.9. The molecule has 0 radical (unpaired) electrons. The quantitative estimate of drug-likeness (QED) is 0.826. The fourth-order valence-electron chi connectivity index (χ4n) is 3.59. The van der Waals surface area contributed by atoms with Crippen LogP contribution in [0.2, 0.25) is 0 Å². The Hall–Kier alpha value is -2.02. The van der Waals surface area contributed by atoms with Crippen LogP contribution in [-0.2, 0) is 16.0 Å². The van der Waals surface area contributed by atoms with E-state index in [1.165, 1.54) is 4.90 Å². The van der Waals surface area contributed by atoms with Gasteiger partial charge in [0.2, 0.25) is 11.8 Å². The summed E-state index contributed by atoms with van der Waals surface area (Å²) in [6.45, 7) is 2.53. The summed E-state index contributed by atoms with van der Waals surface area (Å²) in [7, 11) is 0. The normalized spacial score (nSPS) is 23.2. The second kappa shape index (κ2) is 8.58. The molecule has 2 atom stereocenters. The lowest BCUT2D eigenvalue weighted by Crippen LogP contribution is -2.55. The molecule has 0 bridgehead atoms. The molecule has 3 amide bonds. The first-order valence-corrected chi connectivity index (χ1v) is 10.1. The van der Waals surface area contributed by atoms with Crippen molar-refractivity contribution in [1.82, 2.24) is 10.2 Å². The predicted octanol–water partition coefficient (Wildman–Crippen LogP) is 2.75. The SMILES string of the molecule is CCOc1ccc(CC(=O)NC2CCCCC2N2C(=O)CSC2=O)cc1. The number of thioether (sulfide) groups is 1. The maximum Gasteiger partial charge on any atom is 0.289 e. The van der Waals surface area contributed by atoms with Crippen LogP contribution in [0.1, 0.15) is 38.2 Å². The topological polar surface area (TPSA) is 75.7 Å². The first-order valence-electron chi connectivity index (χ1n) is 9.08. The summed E-state index contributed by atoms with van der Waals surface area (Å²) < 4.78 is 5.41. The van der Waals surface area contributed by atoms with Gasteiger partial charge in [-0.15, -0.1) is 0 Å². The molecule has 0 spiro atoms. The number of nitrogens with zero attached hydrogens (tertiary/aromatic N) is 1. The van der Waals surface area contributed by atoms with Gasteiger partial charge in [0.15, 0.2) is 0 Å². The van der Waals surface area contributed by atoms with Gasteiger partial charge in [-0.25, -0.2) is 0 Å². The molecular weight excluding hydrogens is 352 g/mol. The number of ether oxygens (including phenoxy) is 1. The third-order valence-corrected chi connectivity index (χ3v) is 5.63. The van der Waals surface area contributed by atoms with Crippen LogP contribution in [0.5, 0.6) is 5.75 Å². The van der Waals surface area contributed by atoms with Crippen molar-refractivity contribution < 1.29 is 19.1 Å². The van der Waals surface area contributed by atoms with Crippen LogP contribution in [0, 0.1) is 0 Å². The number of rotatable bonds is 6. The first kappa shape index (κ1) is 18.8. The molecule has 1 saturated heterocycles. The van der Waals surface area contributed by atoms with Crippen molar-refractivity contribution >= 4 is 28.8 Å². The summed E-state index contributed by atoms with van der Waals surface area (Å²) in [5, 5.41) is 2.86. The summed E-state index contributed by atoms with van der Waals surface area (Å²) in [5.74, 6) is 0.769. The van der Waals surface area contributed by atoms with E-state index >= 15 is 0 Å². The second-order valence-electron chi connectivity index (χ2n) is 6.60. The maximum absolute atomic E-state index is 12.5. The van der Waals surface area contributed by atoms with Crippen molar-refractivity contribution in [1.29, 1.82) is 0 Å². The van der Waals surface area contributed by atoms with Crippen molar-refractivity contribution in [3.63, 3.8) is 0 Å². The van der Waals surface area contributed by atoms with E-state index in [1.54, 1.807) is 0 Å². The van der Waals surface area contributed by atoms with Gasteiger partial charge in [-0.3, -0.25) is 19.3 Å². The third kappa shape index (κ3) is 4.38. The molecule has 26 heavy (non-hydrogen) atoms. The van der Waals surface area contributed by atoms with Crippen LogP contribution < -0.4 is 10.1 Å². The van der Waals surface area contributed by atoms with Crippen molar-refractivity contribution in [2.24, 2.45) is 0 Å². The molecule has 2 aliphatic rings. The van der Waals surface area contributed by atoms with Crippen LogP contribution in [-0.4, -0.2) is 46.4 Å². The Morgan fingerprint density at radius 3 is 2.62 bits per heavy atom. The Morgan fingerprint density at radius 1 is 1.23 bits per heavy atom. The minimum absolute atomic E-state index is 0.0854. The van der Waals surface area contributed by atoms with Crippen LogP contribution in [0.4, 0.5) is 4.79 Å². The van der Waals surface area contributed by atoms with E-state index in [0.29, 0.717) is 6.61 Å². The van der Waals surface area contributed by atoms with Gasteiger partial charge in [-0.2, -0.15) is 0 Å². The molecule has 0 aromatic heterocycles. The number of hydrogen-bond donors (Lipinski definition) is 1. The number of hydrogen-bond acceptors (Lipinski definition) is 5. The molecule has 3 rings (SSSR count). The van der Waals surface area contributed by atoms with Crippen molar-refractivity contribution in [2.45, 2.75) is 51.1 Å². The smallest absolute Gasteiger partial charge is 0.289 e. The molecule has 1 aromatic rings. The largest absolute Gasteiger partial charge is 0.494 e. The summed E-state index contributed by atoms with van der Waals surface area (Å²) in [6.07, 6.45) is 3.78. The van der Waals surface area contributed by atoms with E-state index in [1.807, 2.05) is 31.2 Å². The van der Waals surface area contributed by atoms with Gasteiger partial charge in [-0.05, 0) is 37.5 Å². The zero-order chi connectivity index (χ0) is 18.5. The molecule has 2 unspecified atom stereocenters. The van der Waals surface area contributed by atoms with Crippen molar-refractivity contribution in [3.05, 3.63) is 29.8 Å². The summed E-state index contributed by atoms with van der Waals surface area (Å²) >= 11 is 1.05. The van der Waals surface area contributed by atoms with Crippen LogP contribution >= 0.6 is 11.8 Å². The van der Waals surface area contributed by atoms with E-state index in [4.69, 9.17) is 4.74 Å². The number of carbonyl (C=O) groups excluding carboxylic acids is 3. The highest BCUT2D eigenvalue weighted by atomic mass is 32.2. The fourth-order valence-corrected chi connectivity index (χ4v) is 4.35. The molecule has 1 aromatic carbocycles. The van der Waals surface area contributed by atoms with Gasteiger partial charge in [0.25, 0.3) is 5.24 Å². The molecule has 7 heteroatoms. The minimum Gasteiger partial charge on any atom is -0.494 e. The van der Waals surface area contributed by atoms with Gasteiger partial charge >= 0.3 is 0 Å². The monoisotopic (exact) mass is 376 g/mol. The van der Waals surface area contributed by atoms with Crippen LogP contribution in [0.15, 0.2) is 24.3 Å². The van der Waals surface area contributed by atoms with E-state index < -0.39 is 0 Å². The molecule has 140 valence electrons. The zero-order valence-corrected chi connectivity index (χ0v) is 15.7. The summed E-state index contributed by atoms with van der Waals surface area (Å²) in [6, 6.07) is 7.09. The van der Waals surface area contributed by atoms with Crippen LogP contribution in [0.25, 0.3) is 0 Å². The number of nitrogens with one attached hydrogen (secondary N) is 1. The summed E-state index contributed by atoms with van der Waals surface area (Å²) in [5.41, 5.74) is 0.905. The average molecular weight is 376 g/mol. The van der Waals surface area contributed by atoms with Crippen molar-refractivity contribution in [3.8, 4) is 5.75 Å². The lowest BCUT2D eigenvalue weighted by atomic mass is 9.89. The summed E-state index contributed by atoms with van der Waals surface area (Å²) in [4.78, 5) is 37.9. The lowest BCUT2D eigenvalue weighted by Gasteiger charge is -2.36. The van der Waals surface area contributed by atoms with Gasteiger partial charge in [0.1, 0.15) is 5.75 Å². The maximum atomic E-state index is 12.5. The third-order valence-electron chi connectivity index (χ3n) is 4.79. The Bertz CT molecular complexity index is 661. The second-order valence-corrected chi connectivity index (χ2v) is 7.52. The van der Waals surface area contributed by atoms with Crippen LogP contribution in [0.3, 0.4) is 0 Å². The van der Waals surface area contributed by atoms with Gasteiger partial charge < -0.3 is 10.1 Å². The molecule has 2 fully saturated rings.